The Morgan fingerprint density at radius 1 is 0.821 bits per heavy atom. The number of carbonyl (C=O) groups excluding carboxylic acids is 3. The summed E-state index contributed by atoms with van der Waals surface area (Å²) >= 11 is 0. The molecule has 0 aliphatic heterocycles. The second-order valence-electron chi connectivity index (χ2n) is 7.21. The fourth-order valence-corrected chi connectivity index (χ4v) is 3.13. The van der Waals surface area contributed by atoms with Crippen molar-refractivity contribution in [2.45, 2.75) is 109 Å². The highest BCUT2D eigenvalue weighted by molar-refractivity contribution is 6.05. The molecule has 28 heavy (non-hydrogen) atoms. The van der Waals surface area contributed by atoms with Gasteiger partial charge in [-0.2, -0.15) is 0 Å². The van der Waals surface area contributed by atoms with E-state index in [1.807, 2.05) is 0 Å². The lowest BCUT2D eigenvalue weighted by Gasteiger charge is -2.17. The molecule has 0 rings (SSSR count). The molecule has 0 bridgehead atoms. The van der Waals surface area contributed by atoms with Gasteiger partial charge in [0.15, 0.2) is 6.10 Å². The maximum absolute atomic E-state index is 12.3. The van der Waals surface area contributed by atoms with Crippen LogP contribution in [0.3, 0.4) is 0 Å². The molecule has 0 aromatic heterocycles. The molecule has 2 atom stereocenters. The third-order valence-corrected chi connectivity index (χ3v) is 4.74. The van der Waals surface area contributed by atoms with Crippen molar-refractivity contribution in [3.8, 4) is 0 Å². The molecule has 0 radical (unpaired) electrons. The number of esters is 2. The molecule has 7 nitrogen and oxygen atoms in total. The van der Waals surface area contributed by atoms with Crippen LogP contribution in [0.25, 0.3) is 0 Å². The Hall–Kier alpha value is -1.79. The maximum Gasteiger partial charge on any atom is 0.342 e. The number of ketones is 1. The molecule has 0 aliphatic carbocycles. The first-order valence-electron chi connectivity index (χ1n) is 10.6. The van der Waals surface area contributed by atoms with Gasteiger partial charge in [0.1, 0.15) is 0 Å². The first kappa shape index (κ1) is 26.2. The Kier molecular flexibility index (Phi) is 16.2. The van der Waals surface area contributed by atoms with Crippen molar-refractivity contribution in [2.24, 2.45) is 5.18 Å². The van der Waals surface area contributed by atoms with Crippen molar-refractivity contribution in [3.63, 3.8) is 0 Å². The van der Waals surface area contributed by atoms with Crippen LogP contribution in [-0.4, -0.2) is 37.0 Å². The summed E-state index contributed by atoms with van der Waals surface area (Å²) in [5.41, 5.74) is 0. The zero-order valence-corrected chi connectivity index (χ0v) is 17.7. The normalized spacial score (nSPS) is 12.8. The van der Waals surface area contributed by atoms with E-state index in [1.54, 1.807) is 0 Å². The number of carbonyl (C=O) groups is 3. The Morgan fingerprint density at radius 2 is 1.29 bits per heavy atom. The fraction of sp³-hybridized carbons (Fsp3) is 0.857. The number of Topliss-reactive ketones (excluding diaryl/α,β-unsaturated/α-hetero) is 1. The van der Waals surface area contributed by atoms with E-state index in [9.17, 15) is 19.3 Å². The number of hydrogen-bond donors (Lipinski definition) is 0. The van der Waals surface area contributed by atoms with E-state index < -0.39 is 29.9 Å². The summed E-state index contributed by atoms with van der Waals surface area (Å²) in [5, 5.41) is 2.53. The number of hydrogen-bond acceptors (Lipinski definition) is 7. The minimum absolute atomic E-state index is 0.277. The third kappa shape index (κ3) is 12.6. The molecule has 2 unspecified atom stereocenters. The Labute approximate surface area is 168 Å². The van der Waals surface area contributed by atoms with Gasteiger partial charge in [-0.1, -0.05) is 77.6 Å². The van der Waals surface area contributed by atoms with Gasteiger partial charge in [0, 0.05) is 6.92 Å². The predicted octanol–water partition coefficient (Wildman–Crippen LogP) is 4.89. The quantitative estimate of drug-likeness (QED) is 0.141. The van der Waals surface area contributed by atoms with Crippen molar-refractivity contribution in [3.05, 3.63) is 4.91 Å². The van der Waals surface area contributed by atoms with Crippen molar-refractivity contribution in [1.29, 1.82) is 0 Å². The largest absolute Gasteiger partial charge is 0.467 e. The third-order valence-electron chi connectivity index (χ3n) is 4.74. The molecule has 0 amide bonds. The van der Waals surface area contributed by atoms with E-state index in [0.717, 1.165) is 26.4 Å². The van der Waals surface area contributed by atoms with Crippen LogP contribution in [0.1, 0.15) is 97.3 Å². The Bertz CT molecular complexity index is 466. The highest BCUT2D eigenvalue weighted by Crippen LogP contribution is 2.15. The van der Waals surface area contributed by atoms with Gasteiger partial charge >= 0.3 is 11.9 Å². The van der Waals surface area contributed by atoms with Gasteiger partial charge in [0.2, 0.25) is 11.8 Å². The standard InChI is InChI=1S/C21H37NO6/c1-4-5-6-7-8-9-10-11-12-13-14-15-16-18(28-17(2)23)20(24)19(22-26)21(25)27-3/h18-19H,4-16H2,1-3H3. The first-order valence-corrected chi connectivity index (χ1v) is 10.6. The van der Waals surface area contributed by atoms with Gasteiger partial charge in [-0.05, 0) is 18.0 Å². The van der Waals surface area contributed by atoms with Gasteiger partial charge in [-0.3, -0.25) is 9.59 Å². The molecule has 0 fully saturated rings. The lowest BCUT2D eigenvalue weighted by atomic mass is 10.0. The second-order valence-corrected chi connectivity index (χ2v) is 7.21. The number of nitroso groups, excluding NO2 is 1. The highest BCUT2D eigenvalue weighted by Gasteiger charge is 2.36. The second kappa shape index (κ2) is 17.3. The molecule has 0 aromatic rings. The molecule has 0 N–H and O–H groups in total. The first-order chi connectivity index (χ1) is 13.5. The topological polar surface area (TPSA) is 99.1 Å². The number of ether oxygens (including phenoxy) is 2. The van der Waals surface area contributed by atoms with E-state index in [0.29, 0.717) is 6.42 Å². The molecule has 7 heteroatoms. The fourth-order valence-electron chi connectivity index (χ4n) is 3.13. The molecule has 162 valence electrons. The molecule has 0 saturated heterocycles. The molecule has 0 spiro atoms. The van der Waals surface area contributed by atoms with Crippen molar-refractivity contribution in [1.82, 2.24) is 0 Å². The summed E-state index contributed by atoms with van der Waals surface area (Å²) in [5.74, 6) is -2.49. The summed E-state index contributed by atoms with van der Waals surface area (Å²) < 4.78 is 9.40. The monoisotopic (exact) mass is 399 g/mol. The summed E-state index contributed by atoms with van der Waals surface area (Å²) in [4.78, 5) is 45.8. The van der Waals surface area contributed by atoms with Crippen LogP contribution in [0.5, 0.6) is 0 Å². The van der Waals surface area contributed by atoms with Crippen molar-refractivity contribution < 1.29 is 23.9 Å². The minimum Gasteiger partial charge on any atom is -0.467 e. The van der Waals surface area contributed by atoms with Gasteiger partial charge in [-0.15, -0.1) is 4.91 Å². The SMILES string of the molecule is CCCCCCCCCCCCCCC(OC(C)=O)C(=O)C(N=O)C(=O)OC. The molecular weight excluding hydrogens is 362 g/mol. The summed E-state index contributed by atoms with van der Waals surface area (Å²) in [7, 11) is 1.07. The average molecular weight is 400 g/mol. The van der Waals surface area contributed by atoms with Crippen molar-refractivity contribution >= 4 is 17.7 Å². The van der Waals surface area contributed by atoms with Gasteiger partial charge in [-0.25, -0.2) is 4.79 Å². The van der Waals surface area contributed by atoms with E-state index >= 15 is 0 Å². The molecule has 0 aromatic carbocycles. The zero-order chi connectivity index (χ0) is 21.2. The maximum atomic E-state index is 12.3. The smallest absolute Gasteiger partial charge is 0.342 e. The van der Waals surface area contributed by atoms with Crippen LogP contribution in [0.2, 0.25) is 0 Å². The lowest BCUT2D eigenvalue weighted by Crippen LogP contribution is -2.39. The minimum atomic E-state index is -1.79. The lowest BCUT2D eigenvalue weighted by molar-refractivity contribution is -0.157. The van der Waals surface area contributed by atoms with E-state index in [-0.39, 0.29) is 6.42 Å². The van der Waals surface area contributed by atoms with E-state index in [1.165, 1.54) is 58.3 Å². The van der Waals surface area contributed by atoms with Crippen LogP contribution < -0.4 is 0 Å². The number of nitrogens with zero attached hydrogens (tertiary/aromatic N) is 1. The van der Waals surface area contributed by atoms with E-state index in [2.05, 4.69) is 16.8 Å². The van der Waals surface area contributed by atoms with Crippen molar-refractivity contribution in [2.75, 3.05) is 7.11 Å². The van der Waals surface area contributed by atoms with Gasteiger partial charge in [0.25, 0.3) is 0 Å². The molecule has 0 saturated carbocycles. The van der Waals surface area contributed by atoms with Gasteiger partial charge in [0.05, 0.1) is 7.11 Å². The molecule has 0 aliphatic rings. The number of rotatable bonds is 18. The van der Waals surface area contributed by atoms with Crippen LogP contribution in [-0.2, 0) is 23.9 Å². The Morgan fingerprint density at radius 3 is 1.68 bits per heavy atom. The van der Waals surface area contributed by atoms with Crippen LogP contribution in [0.4, 0.5) is 0 Å². The summed E-state index contributed by atoms with van der Waals surface area (Å²) in [6.45, 7) is 3.41. The van der Waals surface area contributed by atoms with E-state index in [4.69, 9.17) is 4.74 Å². The average Bonchev–Trinajstić information content (AvgIpc) is 2.67. The molecular formula is C21H37NO6. The van der Waals surface area contributed by atoms with Crippen LogP contribution in [0.15, 0.2) is 5.18 Å². The zero-order valence-electron chi connectivity index (χ0n) is 17.7. The molecule has 0 heterocycles. The summed E-state index contributed by atoms with van der Waals surface area (Å²) in [6.07, 6.45) is 13.3. The van der Waals surface area contributed by atoms with Crippen LogP contribution >= 0.6 is 0 Å². The van der Waals surface area contributed by atoms with Gasteiger partial charge < -0.3 is 9.47 Å². The van der Waals surface area contributed by atoms with Crippen LogP contribution in [0, 0.1) is 4.91 Å². The number of unbranched alkanes of at least 4 members (excludes halogenated alkanes) is 11. The predicted molar refractivity (Wildman–Crippen MR) is 108 cm³/mol. The number of methoxy groups -OCH3 is 1. The summed E-state index contributed by atoms with van der Waals surface area (Å²) in [6, 6.07) is -1.79. The Balaban J connectivity index is 4.04. The highest BCUT2D eigenvalue weighted by atomic mass is 16.5.